The Labute approximate surface area is 183 Å². The van der Waals surface area contributed by atoms with Gasteiger partial charge in [0.2, 0.25) is 0 Å². The Morgan fingerprint density at radius 3 is 2.57 bits per heavy atom. The fraction of sp³-hybridized carbons (Fsp3) is 0.286. The molecule has 0 radical (unpaired) electrons. The molecule has 2 aromatic carbocycles. The molecule has 2 N–H and O–H groups in total. The van der Waals surface area contributed by atoms with E-state index in [1.807, 2.05) is 26.0 Å². The van der Waals surface area contributed by atoms with Crippen LogP contribution in [0.1, 0.15) is 25.0 Å². The van der Waals surface area contributed by atoms with Crippen LogP contribution in [0, 0.1) is 6.92 Å². The van der Waals surface area contributed by atoms with Crippen LogP contribution in [-0.4, -0.2) is 38.0 Å². The van der Waals surface area contributed by atoms with Gasteiger partial charge in [-0.15, -0.1) is 0 Å². The van der Waals surface area contributed by atoms with Crippen LogP contribution in [0.5, 0.6) is 11.5 Å². The van der Waals surface area contributed by atoms with Crippen LogP contribution in [-0.2, 0) is 9.53 Å². The average molecular weight is 478 g/mol. The number of ether oxygens (including phenoxy) is 3. The lowest BCUT2D eigenvalue weighted by Crippen LogP contribution is -2.24. The predicted molar refractivity (Wildman–Crippen MR) is 118 cm³/mol. The van der Waals surface area contributed by atoms with Crippen LogP contribution in [0.4, 0.5) is 10.5 Å². The molecule has 2 amide bonds. The van der Waals surface area contributed by atoms with E-state index >= 15 is 0 Å². The summed E-state index contributed by atoms with van der Waals surface area (Å²) in [7, 11) is 0. The van der Waals surface area contributed by atoms with Gasteiger partial charge in [-0.1, -0.05) is 15.9 Å². The number of rotatable bonds is 9. The Morgan fingerprint density at radius 2 is 1.87 bits per heavy atom. The van der Waals surface area contributed by atoms with Gasteiger partial charge < -0.3 is 19.5 Å². The minimum Gasteiger partial charge on any atom is -0.490 e. The molecule has 30 heavy (non-hydrogen) atoms. The molecule has 0 aliphatic carbocycles. The summed E-state index contributed by atoms with van der Waals surface area (Å²) in [6.45, 7) is 6.00. The number of halogens is 1. The molecule has 0 atom stereocenters. The van der Waals surface area contributed by atoms with E-state index in [-0.39, 0.29) is 13.2 Å². The number of hydrogen-bond donors (Lipinski definition) is 2. The van der Waals surface area contributed by atoms with Gasteiger partial charge in [-0.2, -0.15) is 5.10 Å². The van der Waals surface area contributed by atoms with Gasteiger partial charge in [0.05, 0.1) is 19.4 Å². The molecule has 2 aromatic rings. The Balaban J connectivity index is 1.96. The number of hydrogen-bond acceptors (Lipinski definition) is 6. The summed E-state index contributed by atoms with van der Waals surface area (Å²) in [6.07, 6.45) is 1.48. The Kier molecular flexibility index (Phi) is 9.14. The molecule has 0 bridgehead atoms. The van der Waals surface area contributed by atoms with E-state index in [1.54, 1.807) is 31.2 Å². The number of hydrazone groups is 1. The highest BCUT2D eigenvalue weighted by atomic mass is 79.9. The number of urea groups is 1. The summed E-state index contributed by atoms with van der Waals surface area (Å²) >= 11 is 3.42. The van der Waals surface area contributed by atoms with Gasteiger partial charge in [-0.25, -0.2) is 15.0 Å². The Hall–Kier alpha value is -3.07. The van der Waals surface area contributed by atoms with Crippen molar-refractivity contribution in [3.05, 3.63) is 52.0 Å². The van der Waals surface area contributed by atoms with Crippen molar-refractivity contribution in [2.24, 2.45) is 5.10 Å². The van der Waals surface area contributed by atoms with E-state index in [4.69, 9.17) is 14.2 Å². The zero-order valence-electron chi connectivity index (χ0n) is 17.0. The summed E-state index contributed by atoms with van der Waals surface area (Å²) in [5.41, 5.74) is 4.75. The normalized spacial score (nSPS) is 10.5. The topological polar surface area (TPSA) is 98.3 Å². The second kappa shape index (κ2) is 11.8. The van der Waals surface area contributed by atoms with Crippen LogP contribution in [0.15, 0.2) is 46.0 Å². The van der Waals surface area contributed by atoms with Gasteiger partial charge >= 0.3 is 12.0 Å². The fourth-order valence-corrected chi connectivity index (χ4v) is 2.63. The molecule has 0 aromatic heterocycles. The number of nitrogens with zero attached hydrogens (tertiary/aromatic N) is 1. The number of aryl methyl sites for hydroxylation is 1. The summed E-state index contributed by atoms with van der Waals surface area (Å²) in [5.74, 6) is 0.417. The van der Waals surface area contributed by atoms with E-state index in [2.05, 4.69) is 31.8 Å². The molecule has 0 spiro atoms. The summed E-state index contributed by atoms with van der Waals surface area (Å²) in [5, 5.41) is 6.64. The van der Waals surface area contributed by atoms with E-state index in [1.165, 1.54) is 6.21 Å². The molecule has 9 heteroatoms. The van der Waals surface area contributed by atoms with E-state index in [0.717, 1.165) is 10.0 Å². The first-order valence-corrected chi connectivity index (χ1v) is 10.1. The molecule has 0 saturated carbocycles. The van der Waals surface area contributed by atoms with Gasteiger partial charge in [-0.3, -0.25) is 0 Å². The van der Waals surface area contributed by atoms with E-state index in [0.29, 0.717) is 29.4 Å². The van der Waals surface area contributed by atoms with Gasteiger partial charge in [0, 0.05) is 10.2 Å². The van der Waals surface area contributed by atoms with Crippen molar-refractivity contribution in [3.63, 3.8) is 0 Å². The number of nitrogens with one attached hydrogen (secondary N) is 2. The third kappa shape index (κ3) is 7.40. The van der Waals surface area contributed by atoms with Gasteiger partial charge in [0.25, 0.3) is 0 Å². The summed E-state index contributed by atoms with van der Waals surface area (Å²) < 4.78 is 16.8. The number of benzene rings is 2. The molecule has 0 unspecified atom stereocenters. The SMILES string of the molecule is CCOC(=O)COc1ccc(/C=N/NC(=O)Nc2ccc(Br)c(C)c2)cc1OCC. The molecule has 8 nitrogen and oxygen atoms in total. The van der Waals surface area contributed by atoms with Crippen LogP contribution in [0.25, 0.3) is 0 Å². The molecule has 160 valence electrons. The monoisotopic (exact) mass is 477 g/mol. The third-order valence-corrected chi connectivity index (χ3v) is 4.60. The number of carbonyl (C=O) groups excluding carboxylic acids is 2. The third-order valence-electron chi connectivity index (χ3n) is 3.71. The van der Waals surface area contributed by atoms with Gasteiger partial charge in [0.15, 0.2) is 18.1 Å². The predicted octanol–water partition coefficient (Wildman–Crippen LogP) is 4.25. The lowest BCUT2D eigenvalue weighted by Gasteiger charge is -2.12. The maximum atomic E-state index is 12.0. The highest BCUT2D eigenvalue weighted by molar-refractivity contribution is 9.10. The molecule has 0 heterocycles. The highest BCUT2D eigenvalue weighted by Gasteiger charge is 2.09. The Morgan fingerprint density at radius 1 is 1.07 bits per heavy atom. The molecule has 2 rings (SSSR count). The van der Waals surface area contributed by atoms with Crippen molar-refractivity contribution in [1.82, 2.24) is 5.43 Å². The van der Waals surface area contributed by atoms with Crippen LogP contribution in [0.3, 0.4) is 0 Å². The van der Waals surface area contributed by atoms with E-state index in [9.17, 15) is 9.59 Å². The molecule has 0 aliphatic rings. The molecular formula is C21H24BrN3O5. The first-order chi connectivity index (χ1) is 14.4. The maximum absolute atomic E-state index is 12.0. The van der Waals surface area contributed by atoms with Crippen LogP contribution >= 0.6 is 15.9 Å². The average Bonchev–Trinajstić information content (AvgIpc) is 2.70. The lowest BCUT2D eigenvalue weighted by molar-refractivity contribution is -0.145. The van der Waals surface area contributed by atoms with Crippen molar-refractivity contribution in [2.75, 3.05) is 25.1 Å². The molecular weight excluding hydrogens is 454 g/mol. The van der Waals surface area contributed by atoms with Gasteiger partial charge in [-0.05, 0) is 68.3 Å². The van der Waals surface area contributed by atoms with Crippen molar-refractivity contribution in [1.29, 1.82) is 0 Å². The summed E-state index contributed by atoms with van der Waals surface area (Å²) in [6, 6.07) is 10.1. The van der Waals surface area contributed by atoms with Crippen LogP contribution < -0.4 is 20.2 Å². The standard InChI is InChI=1S/C21H24BrN3O5/c1-4-28-19-11-15(6-9-18(19)30-13-20(26)29-5-2)12-23-25-21(27)24-16-7-8-17(22)14(3)10-16/h6-12H,4-5,13H2,1-3H3,(H2,24,25,27)/b23-12+. The minimum absolute atomic E-state index is 0.210. The Bertz CT molecular complexity index is 918. The first kappa shape index (κ1) is 23.2. The molecule has 0 aliphatic heterocycles. The maximum Gasteiger partial charge on any atom is 0.344 e. The van der Waals surface area contributed by atoms with Crippen molar-refractivity contribution in [3.8, 4) is 11.5 Å². The van der Waals surface area contributed by atoms with Crippen molar-refractivity contribution >= 4 is 39.8 Å². The molecule has 0 fully saturated rings. The van der Waals surface area contributed by atoms with Crippen LogP contribution in [0.2, 0.25) is 0 Å². The second-order valence-electron chi connectivity index (χ2n) is 6.02. The highest BCUT2D eigenvalue weighted by Crippen LogP contribution is 2.28. The molecule has 0 saturated heterocycles. The summed E-state index contributed by atoms with van der Waals surface area (Å²) in [4.78, 5) is 23.5. The fourth-order valence-electron chi connectivity index (χ4n) is 2.38. The van der Waals surface area contributed by atoms with Gasteiger partial charge in [0.1, 0.15) is 0 Å². The number of carbonyl (C=O) groups is 2. The number of esters is 1. The largest absolute Gasteiger partial charge is 0.490 e. The number of amides is 2. The van der Waals surface area contributed by atoms with Crippen molar-refractivity contribution < 1.29 is 23.8 Å². The lowest BCUT2D eigenvalue weighted by atomic mass is 10.2. The second-order valence-corrected chi connectivity index (χ2v) is 6.88. The quantitative estimate of drug-likeness (QED) is 0.319. The first-order valence-electron chi connectivity index (χ1n) is 9.34. The smallest absolute Gasteiger partial charge is 0.344 e. The van der Waals surface area contributed by atoms with E-state index < -0.39 is 12.0 Å². The zero-order valence-corrected chi connectivity index (χ0v) is 18.6. The van der Waals surface area contributed by atoms with Crippen molar-refractivity contribution in [2.45, 2.75) is 20.8 Å². The zero-order chi connectivity index (χ0) is 21.9. The number of anilines is 1. The minimum atomic E-state index is -0.465.